The fourth-order valence-corrected chi connectivity index (χ4v) is 2.13. The minimum Gasteiger partial charge on any atom is -0.381 e. The SMILES string of the molecule is [N-]=[N+]=NCCN1C(=O)NC2(CCOCC2)C1=O. The third-order valence-corrected chi connectivity index (χ3v) is 3.08. The fraction of sp³-hybridized carbons (Fsp3) is 0.778. The van der Waals surface area contributed by atoms with Gasteiger partial charge in [0.05, 0.1) is 0 Å². The lowest BCUT2D eigenvalue weighted by molar-refractivity contribution is -0.134. The topological polar surface area (TPSA) is 107 Å². The summed E-state index contributed by atoms with van der Waals surface area (Å²) in [6.45, 7) is 1.16. The monoisotopic (exact) mass is 239 g/mol. The number of carbonyl (C=O) groups excluding carboxylic acids is 2. The molecule has 0 aromatic carbocycles. The smallest absolute Gasteiger partial charge is 0.325 e. The van der Waals surface area contributed by atoms with E-state index in [0.29, 0.717) is 26.1 Å². The van der Waals surface area contributed by atoms with Gasteiger partial charge in [0.15, 0.2) is 0 Å². The highest BCUT2D eigenvalue weighted by atomic mass is 16.5. The van der Waals surface area contributed by atoms with Crippen molar-refractivity contribution in [2.24, 2.45) is 5.11 Å². The second kappa shape index (κ2) is 4.60. The molecule has 0 aromatic rings. The van der Waals surface area contributed by atoms with Crippen LogP contribution in [0.25, 0.3) is 10.4 Å². The van der Waals surface area contributed by atoms with Gasteiger partial charge in [0.25, 0.3) is 5.91 Å². The molecule has 3 amide bonds. The number of rotatable bonds is 3. The fourth-order valence-electron chi connectivity index (χ4n) is 2.13. The zero-order valence-corrected chi connectivity index (χ0v) is 9.26. The molecule has 2 saturated heterocycles. The zero-order valence-electron chi connectivity index (χ0n) is 9.26. The van der Waals surface area contributed by atoms with Gasteiger partial charge in [-0.1, -0.05) is 5.11 Å². The van der Waals surface area contributed by atoms with E-state index in [1.54, 1.807) is 0 Å². The van der Waals surface area contributed by atoms with Crippen molar-refractivity contribution in [3.63, 3.8) is 0 Å². The van der Waals surface area contributed by atoms with Crippen LogP contribution in [0, 0.1) is 0 Å². The number of carbonyl (C=O) groups is 2. The highest BCUT2D eigenvalue weighted by molar-refractivity contribution is 6.07. The summed E-state index contributed by atoms with van der Waals surface area (Å²) in [6, 6.07) is -0.412. The van der Waals surface area contributed by atoms with E-state index in [-0.39, 0.29) is 19.0 Å². The Balaban J connectivity index is 2.07. The van der Waals surface area contributed by atoms with Crippen LogP contribution in [0.3, 0.4) is 0 Å². The van der Waals surface area contributed by atoms with Crippen molar-refractivity contribution in [2.75, 3.05) is 26.3 Å². The molecular weight excluding hydrogens is 226 g/mol. The number of nitrogens with zero attached hydrogens (tertiary/aromatic N) is 4. The van der Waals surface area contributed by atoms with Gasteiger partial charge in [0, 0.05) is 44.1 Å². The van der Waals surface area contributed by atoms with Crippen molar-refractivity contribution in [1.82, 2.24) is 10.2 Å². The van der Waals surface area contributed by atoms with Gasteiger partial charge in [0.1, 0.15) is 5.54 Å². The summed E-state index contributed by atoms with van der Waals surface area (Å²) >= 11 is 0. The van der Waals surface area contributed by atoms with Gasteiger partial charge >= 0.3 is 6.03 Å². The highest BCUT2D eigenvalue weighted by Gasteiger charge is 2.51. The Bertz CT molecular complexity index is 384. The van der Waals surface area contributed by atoms with Crippen molar-refractivity contribution in [3.05, 3.63) is 10.4 Å². The average molecular weight is 239 g/mol. The molecule has 8 nitrogen and oxygen atoms in total. The molecule has 0 atom stereocenters. The molecule has 2 fully saturated rings. The summed E-state index contributed by atoms with van der Waals surface area (Å²) in [5.41, 5.74) is 7.35. The van der Waals surface area contributed by atoms with Crippen molar-refractivity contribution < 1.29 is 14.3 Å². The van der Waals surface area contributed by atoms with Gasteiger partial charge in [-0.3, -0.25) is 9.69 Å². The molecular formula is C9H13N5O3. The quantitative estimate of drug-likeness (QED) is 0.333. The molecule has 1 spiro atoms. The number of hydrogen-bond acceptors (Lipinski definition) is 4. The Labute approximate surface area is 97.5 Å². The Kier molecular flexibility index (Phi) is 3.16. The van der Waals surface area contributed by atoms with Crippen LogP contribution in [0.15, 0.2) is 5.11 Å². The van der Waals surface area contributed by atoms with E-state index in [4.69, 9.17) is 10.3 Å². The van der Waals surface area contributed by atoms with E-state index in [9.17, 15) is 9.59 Å². The van der Waals surface area contributed by atoms with Gasteiger partial charge in [-0.2, -0.15) is 0 Å². The predicted molar refractivity (Wildman–Crippen MR) is 57.0 cm³/mol. The first-order valence-corrected chi connectivity index (χ1v) is 5.42. The lowest BCUT2D eigenvalue weighted by atomic mass is 9.90. The van der Waals surface area contributed by atoms with Crippen LogP contribution in [0.1, 0.15) is 12.8 Å². The highest BCUT2D eigenvalue weighted by Crippen LogP contribution is 2.28. The molecule has 0 radical (unpaired) electrons. The van der Waals surface area contributed by atoms with Crippen molar-refractivity contribution in [1.29, 1.82) is 0 Å². The van der Waals surface area contributed by atoms with E-state index < -0.39 is 11.6 Å². The maximum Gasteiger partial charge on any atom is 0.325 e. The van der Waals surface area contributed by atoms with Crippen LogP contribution in [-0.4, -0.2) is 48.7 Å². The third-order valence-electron chi connectivity index (χ3n) is 3.08. The maximum atomic E-state index is 12.1. The van der Waals surface area contributed by atoms with Crippen molar-refractivity contribution in [2.45, 2.75) is 18.4 Å². The number of urea groups is 1. The molecule has 2 rings (SSSR count). The normalized spacial score (nSPS) is 22.5. The van der Waals surface area contributed by atoms with Crippen LogP contribution < -0.4 is 5.32 Å². The molecule has 2 aliphatic rings. The Morgan fingerprint density at radius 1 is 1.47 bits per heavy atom. The molecule has 0 saturated carbocycles. The summed E-state index contributed by atoms with van der Waals surface area (Å²) in [7, 11) is 0. The number of azide groups is 1. The van der Waals surface area contributed by atoms with Crippen LogP contribution >= 0.6 is 0 Å². The van der Waals surface area contributed by atoms with Crippen LogP contribution in [-0.2, 0) is 9.53 Å². The number of nitrogens with one attached hydrogen (secondary N) is 1. The Morgan fingerprint density at radius 3 is 2.82 bits per heavy atom. The van der Waals surface area contributed by atoms with E-state index in [1.165, 1.54) is 0 Å². The first-order chi connectivity index (χ1) is 8.19. The van der Waals surface area contributed by atoms with Crippen molar-refractivity contribution in [3.8, 4) is 0 Å². The Hall–Kier alpha value is -1.79. The van der Waals surface area contributed by atoms with Gasteiger partial charge in [-0.15, -0.1) is 0 Å². The summed E-state index contributed by atoms with van der Waals surface area (Å²) in [5.74, 6) is -0.237. The van der Waals surface area contributed by atoms with Crippen molar-refractivity contribution >= 4 is 11.9 Å². The van der Waals surface area contributed by atoms with Gasteiger partial charge < -0.3 is 10.1 Å². The van der Waals surface area contributed by atoms with Crippen LogP contribution in [0.2, 0.25) is 0 Å². The van der Waals surface area contributed by atoms with Gasteiger partial charge in [0.2, 0.25) is 0 Å². The second-order valence-electron chi connectivity index (χ2n) is 4.04. The number of imide groups is 1. The van der Waals surface area contributed by atoms with E-state index in [2.05, 4.69) is 15.3 Å². The molecule has 0 aliphatic carbocycles. The molecule has 2 heterocycles. The molecule has 17 heavy (non-hydrogen) atoms. The number of hydrogen-bond donors (Lipinski definition) is 1. The lowest BCUT2D eigenvalue weighted by Gasteiger charge is -2.30. The average Bonchev–Trinajstić information content (AvgIpc) is 2.55. The van der Waals surface area contributed by atoms with Gasteiger partial charge in [-0.05, 0) is 5.53 Å². The first kappa shape index (κ1) is 11.7. The molecule has 0 unspecified atom stereocenters. The Morgan fingerprint density at radius 2 is 2.18 bits per heavy atom. The molecule has 1 N–H and O–H groups in total. The minimum atomic E-state index is -0.800. The number of amides is 3. The van der Waals surface area contributed by atoms with E-state index in [0.717, 1.165) is 4.90 Å². The second-order valence-corrected chi connectivity index (χ2v) is 4.04. The van der Waals surface area contributed by atoms with Crippen LogP contribution in [0.5, 0.6) is 0 Å². The van der Waals surface area contributed by atoms with Crippen LogP contribution in [0.4, 0.5) is 4.79 Å². The van der Waals surface area contributed by atoms with E-state index in [1.807, 2.05) is 0 Å². The maximum absolute atomic E-state index is 12.1. The standard InChI is InChI=1S/C9H13N5O3/c10-13-11-3-4-14-7(15)9(12-8(14)16)1-5-17-6-2-9/h1-6H2,(H,12,16). The number of ether oxygens (including phenoxy) is 1. The summed E-state index contributed by atoms with van der Waals surface area (Å²) in [5, 5.41) is 6.04. The molecule has 92 valence electrons. The molecule has 0 bridgehead atoms. The molecule has 8 heteroatoms. The summed E-state index contributed by atoms with van der Waals surface area (Å²) in [6.07, 6.45) is 0.991. The summed E-state index contributed by atoms with van der Waals surface area (Å²) < 4.78 is 5.18. The van der Waals surface area contributed by atoms with Gasteiger partial charge in [-0.25, -0.2) is 4.79 Å². The summed E-state index contributed by atoms with van der Waals surface area (Å²) in [4.78, 5) is 27.5. The largest absolute Gasteiger partial charge is 0.381 e. The predicted octanol–water partition coefficient (Wildman–Crippen LogP) is 0.398. The molecule has 2 aliphatic heterocycles. The minimum absolute atomic E-state index is 0.0994. The molecule has 0 aromatic heterocycles. The van der Waals surface area contributed by atoms with E-state index >= 15 is 0 Å². The lowest BCUT2D eigenvalue weighted by Crippen LogP contribution is -2.51. The zero-order chi connectivity index (χ0) is 12.3. The first-order valence-electron chi connectivity index (χ1n) is 5.42. The third kappa shape index (κ3) is 2.04.